The third kappa shape index (κ3) is 2.80. The summed E-state index contributed by atoms with van der Waals surface area (Å²) in [6, 6.07) is 5.23. The van der Waals surface area contributed by atoms with Crippen LogP contribution in [0.15, 0.2) is 21.1 Å². The maximum atomic E-state index is 11.5. The van der Waals surface area contributed by atoms with Crippen molar-refractivity contribution in [1.82, 2.24) is 0 Å². The van der Waals surface area contributed by atoms with Crippen LogP contribution in [0, 0.1) is 11.3 Å². The highest BCUT2D eigenvalue weighted by Gasteiger charge is 2.15. The minimum absolute atomic E-state index is 0.305. The zero-order valence-electron chi connectivity index (χ0n) is 7.88. The van der Waals surface area contributed by atoms with E-state index in [2.05, 4.69) is 31.9 Å². The molecule has 0 N–H and O–H groups in total. The van der Waals surface area contributed by atoms with Crippen molar-refractivity contribution in [2.24, 2.45) is 0 Å². The van der Waals surface area contributed by atoms with E-state index >= 15 is 0 Å². The van der Waals surface area contributed by atoms with E-state index < -0.39 is 5.97 Å². The van der Waals surface area contributed by atoms with Crippen molar-refractivity contribution >= 4 is 37.8 Å². The third-order valence-electron chi connectivity index (χ3n) is 1.65. The van der Waals surface area contributed by atoms with Crippen LogP contribution in [-0.4, -0.2) is 12.6 Å². The van der Waals surface area contributed by atoms with E-state index in [1.165, 1.54) is 0 Å². The van der Waals surface area contributed by atoms with Crippen LogP contribution in [0.4, 0.5) is 0 Å². The van der Waals surface area contributed by atoms with E-state index in [1.54, 1.807) is 19.1 Å². The molecular formula is C10H7Br2NO2. The van der Waals surface area contributed by atoms with Crippen molar-refractivity contribution in [3.8, 4) is 6.07 Å². The Balaban J connectivity index is 3.24. The van der Waals surface area contributed by atoms with Crippen molar-refractivity contribution < 1.29 is 9.53 Å². The molecule has 1 rings (SSSR count). The van der Waals surface area contributed by atoms with E-state index in [0.29, 0.717) is 26.7 Å². The first-order chi connectivity index (χ1) is 7.10. The van der Waals surface area contributed by atoms with Gasteiger partial charge in [-0.15, -0.1) is 0 Å². The fourth-order valence-electron chi connectivity index (χ4n) is 1.03. The second-order valence-electron chi connectivity index (χ2n) is 2.65. The summed E-state index contributed by atoms with van der Waals surface area (Å²) in [6.45, 7) is 2.04. The number of hydrogen-bond donors (Lipinski definition) is 0. The molecule has 0 bridgehead atoms. The Morgan fingerprint density at radius 3 is 2.73 bits per heavy atom. The van der Waals surface area contributed by atoms with Gasteiger partial charge in [-0.25, -0.2) is 4.79 Å². The van der Waals surface area contributed by atoms with Crippen molar-refractivity contribution in [3.63, 3.8) is 0 Å². The number of nitrogens with zero attached hydrogens (tertiary/aromatic N) is 1. The molecule has 0 aromatic heterocycles. The lowest BCUT2D eigenvalue weighted by Crippen LogP contribution is -2.06. The van der Waals surface area contributed by atoms with E-state index in [0.717, 1.165) is 0 Å². The molecule has 1 aromatic rings. The van der Waals surface area contributed by atoms with Crippen LogP contribution in [0.2, 0.25) is 0 Å². The SMILES string of the molecule is CCOC(=O)c1cc(Br)cc(C#N)c1Br. The topological polar surface area (TPSA) is 50.1 Å². The minimum Gasteiger partial charge on any atom is -0.462 e. The molecule has 5 heteroatoms. The van der Waals surface area contributed by atoms with Gasteiger partial charge in [0.2, 0.25) is 0 Å². The molecule has 0 radical (unpaired) electrons. The zero-order valence-corrected chi connectivity index (χ0v) is 11.1. The monoisotopic (exact) mass is 331 g/mol. The number of benzene rings is 1. The summed E-state index contributed by atoms with van der Waals surface area (Å²) in [7, 11) is 0. The normalized spacial score (nSPS) is 9.47. The second kappa shape index (κ2) is 5.29. The number of ether oxygens (including phenoxy) is 1. The molecule has 0 aliphatic carbocycles. The Kier molecular flexibility index (Phi) is 4.30. The summed E-state index contributed by atoms with van der Waals surface area (Å²) >= 11 is 6.43. The number of halogens is 2. The number of carbonyl (C=O) groups is 1. The summed E-state index contributed by atoms with van der Waals surface area (Å²) in [5, 5.41) is 8.83. The summed E-state index contributed by atoms with van der Waals surface area (Å²) in [5.74, 6) is -0.442. The van der Waals surface area contributed by atoms with Gasteiger partial charge in [0, 0.05) is 8.95 Å². The number of nitriles is 1. The Bertz CT molecular complexity index is 438. The van der Waals surface area contributed by atoms with Gasteiger partial charge in [0.1, 0.15) is 6.07 Å². The molecule has 0 unspecified atom stereocenters. The van der Waals surface area contributed by atoms with Crippen LogP contribution in [0.5, 0.6) is 0 Å². The zero-order chi connectivity index (χ0) is 11.4. The van der Waals surface area contributed by atoms with Crippen LogP contribution in [-0.2, 0) is 4.74 Å². The van der Waals surface area contributed by atoms with Crippen molar-refractivity contribution in [2.45, 2.75) is 6.92 Å². The van der Waals surface area contributed by atoms with Gasteiger partial charge in [-0.3, -0.25) is 0 Å². The second-order valence-corrected chi connectivity index (χ2v) is 4.36. The van der Waals surface area contributed by atoms with Gasteiger partial charge in [-0.05, 0) is 35.0 Å². The average Bonchev–Trinajstić information content (AvgIpc) is 2.21. The standard InChI is InChI=1S/C10H7Br2NO2/c1-2-15-10(14)8-4-7(11)3-6(5-13)9(8)12/h3-4H,2H2,1H3. The van der Waals surface area contributed by atoms with Gasteiger partial charge < -0.3 is 4.74 Å². The predicted molar refractivity (Wildman–Crippen MR) is 62.5 cm³/mol. The third-order valence-corrected chi connectivity index (χ3v) is 2.97. The molecular weight excluding hydrogens is 326 g/mol. The highest BCUT2D eigenvalue weighted by molar-refractivity contribution is 9.11. The van der Waals surface area contributed by atoms with Crippen LogP contribution in [0.25, 0.3) is 0 Å². The average molecular weight is 333 g/mol. The summed E-state index contributed by atoms with van der Waals surface area (Å²) < 4.78 is 6.00. The van der Waals surface area contributed by atoms with Gasteiger partial charge in [0.05, 0.1) is 17.7 Å². The van der Waals surface area contributed by atoms with E-state index in [4.69, 9.17) is 10.00 Å². The predicted octanol–water partition coefficient (Wildman–Crippen LogP) is 3.26. The first kappa shape index (κ1) is 12.2. The van der Waals surface area contributed by atoms with E-state index in [1.807, 2.05) is 6.07 Å². The largest absolute Gasteiger partial charge is 0.462 e. The smallest absolute Gasteiger partial charge is 0.339 e. The number of hydrogen-bond acceptors (Lipinski definition) is 3. The summed E-state index contributed by atoms with van der Waals surface area (Å²) in [6.07, 6.45) is 0. The quantitative estimate of drug-likeness (QED) is 0.781. The molecule has 0 aliphatic heterocycles. The van der Waals surface area contributed by atoms with Crippen LogP contribution in [0.3, 0.4) is 0 Å². The lowest BCUT2D eigenvalue weighted by molar-refractivity contribution is 0.0525. The molecule has 0 saturated heterocycles. The van der Waals surface area contributed by atoms with Crippen molar-refractivity contribution in [1.29, 1.82) is 5.26 Å². The number of carbonyl (C=O) groups excluding carboxylic acids is 1. The Morgan fingerprint density at radius 1 is 1.53 bits per heavy atom. The maximum Gasteiger partial charge on any atom is 0.339 e. The Hall–Kier alpha value is -0.860. The fourth-order valence-corrected chi connectivity index (χ4v) is 1.97. The Labute approximate surface area is 104 Å². The summed E-state index contributed by atoms with van der Waals surface area (Å²) in [4.78, 5) is 11.5. The first-order valence-electron chi connectivity index (χ1n) is 4.16. The molecule has 0 atom stereocenters. The first-order valence-corrected chi connectivity index (χ1v) is 5.75. The molecule has 78 valence electrons. The molecule has 0 spiro atoms. The Morgan fingerprint density at radius 2 is 2.20 bits per heavy atom. The van der Waals surface area contributed by atoms with Crippen LogP contribution >= 0.6 is 31.9 Å². The number of rotatable bonds is 2. The van der Waals surface area contributed by atoms with Gasteiger partial charge >= 0.3 is 5.97 Å². The van der Waals surface area contributed by atoms with E-state index in [-0.39, 0.29) is 0 Å². The lowest BCUT2D eigenvalue weighted by Gasteiger charge is -2.06. The maximum absolute atomic E-state index is 11.5. The molecule has 0 aliphatic rings. The van der Waals surface area contributed by atoms with E-state index in [9.17, 15) is 4.79 Å². The lowest BCUT2D eigenvalue weighted by atomic mass is 10.1. The minimum atomic E-state index is -0.442. The molecule has 0 saturated carbocycles. The van der Waals surface area contributed by atoms with Gasteiger partial charge in [0.15, 0.2) is 0 Å². The fraction of sp³-hybridized carbons (Fsp3) is 0.200. The highest BCUT2D eigenvalue weighted by Crippen LogP contribution is 2.26. The highest BCUT2D eigenvalue weighted by atomic mass is 79.9. The van der Waals surface area contributed by atoms with Crippen molar-refractivity contribution in [3.05, 3.63) is 32.2 Å². The molecule has 3 nitrogen and oxygen atoms in total. The van der Waals surface area contributed by atoms with Gasteiger partial charge in [-0.2, -0.15) is 5.26 Å². The van der Waals surface area contributed by atoms with Crippen LogP contribution < -0.4 is 0 Å². The molecule has 0 heterocycles. The van der Waals surface area contributed by atoms with Gasteiger partial charge in [0.25, 0.3) is 0 Å². The molecule has 0 amide bonds. The number of esters is 1. The van der Waals surface area contributed by atoms with Crippen LogP contribution in [0.1, 0.15) is 22.8 Å². The van der Waals surface area contributed by atoms with Gasteiger partial charge in [-0.1, -0.05) is 15.9 Å². The molecule has 1 aromatic carbocycles. The molecule has 15 heavy (non-hydrogen) atoms. The molecule has 0 fully saturated rings. The summed E-state index contributed by atoms with van der Waals surface area (Å²) in [5.41, 5.74) is 0.746. The van der Waals surface area contributed by atoms with Crippen molar-refractivity contribution in [2.75, 3.05) is 6.61 Å².